The van der Waals surface area contributed by atoms with Crippen molar-refractivity contribution in [3.63, 3.8) is 0 Å². The molecule has 25 heavy (non-hydrogen) atoms. The lowest BCUT2D eigenvalue weighted by Gasteiger charge is -2.05. The van der Waals surface area contributed by atoms with Crippen molar-refractivity contribution in [2.45, 2.75) is 26.2 Å². The first-order valence-corrected chi connectivity index (χ1v) is 7.94. The van der Waals surface area contributed by atoms with Gasteiger partial charge in [-0.2, -0.15) is 5.10 Å². The second-order valence-electron chi connectivity index (χ2n) is 5.60. The lowest BCUT2D eigenvalue weighted by atomic mass is 10.1. The fourth-order valence-corrected chi connectivity index (χ4v) is 2.13. The second kappa shape index (κ2) is 9.32. The highest BCUT2D eigenvalue weighted by Crippen LogP contribution is 2.08. The predicted molar refractivity (Wildman–Crippen MR) is 95.7 cm³/mol. The van der Waals surface area contributed by atoms with Gasteiger partial charge in [0.05, 0.1) is 6.42 Å². The summed E-state index contributed by atoms with van der Waals surface area (Å²) in [5, 5.41) is 6.56. The van der Waals surface area contributed by atoms with Crippen LogP contribution in [0, 0.1) is 5.82 Å². The summed E-state index contributed by atoms with van der Waals surface area (Å²) < 4.78 is 12.8. The van der Waals surface area contributed by atoms with Gasteiger partial charge in [-0.25, -0.2) is 9.82 Å². The average molecular weight is 341 g/mol. The van der Waals surface area contributed by atoms with Crippen molar-refractivity contribution in [3.8, 4) is 0 Å². The zero-order valence-electron chi connectivity index (χ0n) is 14.0. The first-order chi connectivity index (χ1) is 12.0. The average Bonchev–Trinajstić information content (AvgIpc) is 2.61. The quantitative estimate of drug-likeness (QED) is 0.599. The van der Waals surface area contributed by atoms with Crippen LogP contribution in [0.5, 0.6) is 0 Å². The van der Waals surface area contributed by atoms with Crippen molar-refractivity contribution in [1.29, 1.82) is 0 Å². The first-order valence-electron chi connectivity index (χ1n) is 7.94. The van der Waals surface area contributed by atoms with Crippen LogP contribution in [0.3, 0.4) is 0 Å². The Bertz CT molecular complexity index is 743. The Kier molecular flexibility index (Phi) is 6.83. The van der Waals surface area contributed by atoms with E-state index in [1.54, 1.807) is 6.92 Å². The molecule has 2 N–H and O–H groups in total. The van der Waals surface area contributed by atoms with Crippen LogP contribution in [-0.2, 0) is 16.0 Å². The largest absolute Gasteiger partial charge is 0.326 e. The molecule has 0 saturated carbocycles. The fraction of sp³-hybridized carbons (Fsp3) is 0.211. The van der Waals surface area contributed by atoms with Gasteiger partial charge >= 0.3 is 0 Å². The van der Waals surface area contributed by atoms with Gasteiger partial charge in [0.15, 0.2) is 0 Å². The minimum Gasteiger partial charge on any atom is -0.326 e. The van der Waals surface area contributed by atoms with Crippen molar-refractivity contribution >= 4 is 23.2 Å². The van der Waals surface area contributed by atoms with Crippen molar-refractivity contribution in [2.75, 3.05) is 5.32 Å². The number of carbonyl (C=O) groups is 2. The molecule has 0 atom stereocenters. The van der Waals surface area contributed by atoms with Gasteiger partial charge < -0.3 is 5.32 Å². The van der Waals surface area contributed by atoms with Crippen molar-refractivity contribution in [1.82, 2.24) is 5.43 Å². The molecule has 0 radical (unpaired) electrons. The fourth-order valence-electron chi connectivity index (χ4n) is 2.13. The molecular formula is C19H20FN3O2. The van der Waals surface area contributed by atoms with E-state index in [-0.39, 0.29) is 24.1 Å². The summed E-state index contributed by atoms with van der Waals surface area (Å²) in [5.74, 6) is -0.859. The van der Waals surface area contributed by atoms with E-state index in [0.717, 1.165) is 5.56 Å². The van der Waals surface area contributed by atoms with E-state index in [4.69, 9.17) is 0 Å². The third-order valence-corrected chi connectivity index (χ3v) is 3.40. The molecule has 0 unspecified atom stereocenters. The number of hydrogen-bond donors (Lipinski definition) is 2. The Morgan fingerprint density at radius 2 is 1.68 bits per heavy atom. The van der Waals surface area contributed by atoms with Crippen molar-refractivity contribution < 1.29 is 14.0 Å². The van der Waals surface area contributed by atoms with Crippen LogP contribution in [0.15, 0.2) is 59.7 Å². The number of nitrogens with zero attached hydrogens (tertiary/aromatic N) is 1. The van der Waals surface area contributed by atoms with Crippen molar-refractivity contribution in [3.05, 3.63) is 66.0 Å². The van der Waals surface area contributed by atoms with Gasteiger partial charge in [-0.1, -0.05) is 30.3 Å². The maximum Gasteiger partial charge on any atom is 0.240 e. The third kappa shape index (κ3) is 6.95. The molecule has 0 heterocycles. The number of amides is 2. The summed E-state index contributed by atoms with van der Waals surface area (Å²) in [5.41, 5.74) is 4.51. The normalized spacial score (nSPS) is 11.0. The van der Waals surface area contributed by atoms with Gasteiger partial charge in [-0.05, 0) is 43.2 Å². The highest BCUT2D eigenvalue weighted by Gasteiger charge is 2.06. The van der Waals surface area contributed by atoms with Crippen LogP contribution in [-0.4, -0.2) is 17.5 Å². The van der Waals surface area contributed by atoms with E-state index in [2.05, 4.69) is 15.8 Å². The van der Waals surface area contributed by atoms with Gasteiger partial charge in [0.1, 0.15) is 5.82 Å². The summed E-state index contributed by atoms with van der Waals surface area (Å²) >= 11 is 0. The Labute approximate surface area is 145 Å². The van der Waals surface area contributed by atoms with Crippen LogP contribution in [0.2, 0.25) is 0 Å². The highest BCUT2D eigenvalue weighted by molar-refractivity contribution is 6.05. The molecule has 0 spiro atoms. The first kappa shape index (κ1) is 18.3. The summed E-state index contributed by atoms with van der Waals surface area (Å²) in [6.45, 7) is 1.65. The van der Waals surface area contributed by atoms with Crippen LogP contribution < -0.4 is 10.7 Å². The van der Waals surface area contributed by atoms with E-state index in [0.29, 0.717) is 24.2 Å². The number of anilines is 1. The number of rotatable bonds is 7. The molecule has 0 aliphatic carbocycles. The van der Waals surface area contributed by atoms with E-state index >= 15 is 0 Å². The van der Waals surface area contributed by atoms with Crippen LogP contribution >= 0.6 is 0 Å². The Balaban J connectivity index is 1.73. The molecule has 2 aromatic rings. The molecule has 6 heteroatoms. The van der Waals surface area contributed by atoms with E-state index in [9.17, 15) is 14.0 Å². The minimum absolute atomic E-state index is 0.0380. The lowest BCUT2D eigenvalue weighted by molar-refractivity contribution is -0.121. The Morgan fingerprint density at radius 1 is 1.00 bits per heavy atom. The molecule has 5 nitrogen and oxygen atoms in total. The maximum absolute atomic E-state index is 12.8. The monoisotopic (exact) mass is 341 g/mol. The summed E-state index contributed by atoms with van der Waals surface area (Å²) in [6.07, 6.45) is 0.991. The smallest absolute Gasteiger partial charge is 0.240 e. The van der Waals surface area contributed by atoms with E-state index in [1.165, 1.54) is 24.3 Å². The van der Waals surface area contributed by atoms with Crippen LogP contribution in [0.25, 0.3) is 0 Å². The number of nitrogens with one attached hydrogen (secondary N) is 2. The molecule has 0 aromatic heterocycles. The topological polar surface area (TPSA) is 70.6 Å². The minimum atomic E-state index is -0.367. The van der Waals surface area contributed by atoms with Gasteiger partial charge in [-0.3, -0.25) is 9.59 Å². The number of hydrogen-bond acceptors (Lipinski definition) is 3. The molecule has 2 aromatic carbocycles. The molecule has 0 saturated heterocycles. The number of halogens is 1. The van der Waals surface area contributed by atoms with Crippen LogP contribution in [0.1, 0.15) is 25.3 Å². The Hall–Kier alpha value is -3.02. The highest BCUT2D eigenvalue weighted by atomic mass is 19.1. The van der Waals surface area contributed by atoms with Gasteiger partial charge in [0, 0.05) is 17.8 Å². The molecule has 0 aliphatic rings. The van der Waals surface area contributed by atoms with Gasteiger partial charge in [0.2, 0.25) is 11.8 Å². The zero-order valence-corrected chi connectivity index (χ0v) is 14.0. The molecule has 0 fully saturated rings. The predicted octanol–water partition coefficient (Wildman–Crippen LogP) is 3.28. The molecule has 2 amide bonds. The Morgan fingerprint density at radius 3 is 2.36 bits per heavy atom. The SMILES string of the molecule is C/C(CC(=O)Nc1ccc(F)cc1)=N/NC(=O)CCc1ccccc1. The third-order valence-electron chi connectivity index (χ3n) is 3.40. The number of benzene rings is 2. The molecule has 0 aliphatic heterocycles. The van der Waals surface area contributed by atoms with E-state index < -0.39 is 0 Å². The summed E-state index contributed by atoms with van der Waals surface area (Å²) in [6, 6.07) is 15.2. The van der Waals surface area contributed by atoms with Crippen molar-refractivity contribution in [2.24, 2.45) is 5.10 Å². The number of hydrazone groups is 1. The molecule has 2 rings (SSSR count). The van der Waals surface area contributed by atoms with Crippen LogP contribution in [0.4, 0.5) is 10.1 Å². The zero-order chi connectivity index (χ0) is 18.1. The van der Waals surface area contributed by atoms with Gasteiger partial charge in [0.25, 0.3) is 0 Å². The number of aryl methyl sites for hydroxylation is 1. The van der Waals surface area contributed by atoms with Gasteiger partial charge in [-0.15, -0.1) is 0 Å². The maximum atomic E-state index is 12.8. The molecule has 130 valence electrons. The number of carbonyl (C=O) groups excluding carboxylic acids is 2. The lowest BCUT2D eigenvalue weighted by Crippen LogP contribution is -2.21. The standard InChI is InChI=1S/C19H20FN3O2/c1-14(13-19(25)21-17-10-8-16(20)9-11-17)22-23-18(24)12-7-15-5-3-2-4-6-15/h2-6,8-11H,7,12-13H2,1H3,(H,21,25)(H,23,24)/b22-14-. The summed E-state index contributed by atoms with van der Waals surface area (Å²) in [7, 11) is 0. The summed E-state index contributed by atoms with van der Waals surface area (Å²) in [4.78, 5) is 23.6. The molecule has 0 bridgehead atoms. The second-order valence-corrected chi connectivity index (χ2v) is 5.60. The molecular weight excluding hydrogens is 321 g/mol. The van der Waals surface area contributed by atoms with E-state index in [1.807, 2.05) is 30.3 Å².